The van der Waals surface area contributed by atoms with Crippen LogP contribution in [0.3, 0.4) is 0 Å². The van der Waals surface area contributed by atoms with E-state index < -0.39 is 59.1 Å². The average molecular weight is 486 g/mol. The molecule has 1 saturated heterocycles. The van der Waals surface area contributed by atoms with Gasteiger partial charge in [0.2, 0.25) is 0 Å². The van der Waals surface area contributed by atoms with E-state index in [0.717, 1.165) is 12.8 Å². The van der Waals surface area contributed by atoms with Gasteiger partial charge in [0.1, 0.15) is 22.4 Å². The Morgan fingerprint density at radius 3 is 2.00 bits per heavy atom. The Bertz CT molecular complexity index is 703. The highest BCUT2D eigenvalue weighted by Crippen LogP contribution is 2.43. The van der Waals surface area contributed by atoms with Gasteiger partial charge in [-0.05, 0) is 38.0 Å². The lowest BCUT2D eigenvalue weighted by molar-refractivity contribution is -0.369. The summed E-state index contributed by atoms with van der Waals surface area (Å²) in [5.74, 6) is -7.34. The zero-order chi connectivity index (χ0) is 23.5. The molecule has 0 bridgehead atoms. The number of sulfone groups is 1. The van der Waals surface area contributed by atoms with Crippen molar-refractivity contribution in [3.63, 3.8) is 0 Å². The van der Waals surface area contributed by atoms with E-state index in [9.17, 15) is 43.9 Å². The molecule has 182 valence electrons. The Morgan fingerprint density at radius 1 is 0.935 bits per heavy atom. The monoisotopic (exact) mass is 486 g/mol. The first-order chi connectivity index (χ1) is 14.1. The lowest BCUT2D eigenvalue weighted by Gasteiger charge is -2.30. The molecule has 1 heterocycles. The zero-order valence-corrected chi connectivity index (χ0v) is 17.4. The van der Waals surface area contributed by atoms with Crippen molar-refractivity contribution in [3.8, 4) is 0 Å². The minimum Gasteiger partial charge on any atom is -0.460 e. The standard InChI is InChI=1S/C18H25F7O5S/c19-16(20,11-17(21,22)23)18(24,25)29-10-14(30-15(26)13-3-1-2-4-13)9-12-5-7-31(27,28)8-6-12/h12-14H,1-11H2. The predicted octanol–water partition coefficient (Wildman–Crippen LogP) is 4.50. The van der Waals surface area contributed by atoms with Gasteiger partial charge in [0.25, 0.3) is 0 Å². The van der Waals surface area contributed by atoms with E-state index in [1.807, 2.05) is 0 Å². The van der Waals surface area contributed by atoms with E-state index >= 15 is 0 Å². The normalized spacial score (nSPS) is 22.4. The Labute approximate surface area is 175 Å². The van der Waals surface area contributed by atoms with Crippen molar-refractivity contribution in [2.24, 2.45) is 11.8 Å². The second kappa shape index (κ2) is 9.80. The van der Waals surface area contributed by atoms with Crippen molar-refractivity contribution in [2.75, 3.05) is 18.1 Å². The summed E-state index contributed by atoms with van der Waals surface area (Å²) in [5.41, 5.74) is 0. The van der Waals surface area contributed by atoms with Gasteiger partial charge in [-0.3, -0.25) is 4.79 Å². The molecule has 2 fully saturated rings. The van der Waals surface area contributed by atoms with Crippen molar-refractivity contribution in [2.45, 2.75) is 75.7 Å². The highest BCUT2D eigenvalue weighted by Gasteiger charge is 2.62. The Balaban J connectivity index is 2.03. The molecule has 1 unspecified atom stereocenters. The lowest BCUT2D eigenvalue weighted by atomic mass is 9.95. The van der Waals surface area contributed by atoms with Gasteiger partial charge < -0.3 is 9.47 Å². The fourth-order valence-electron chi connectivity index (χ4n) is 3.78. The number of hydrogen-bond acceptors (Lipinski definition) is 5. The van der Waals surface area contributed by atoms with E-state index in [2.05, 4.69) is 4.74 Å². The molecule has 1 aliphatic heterocycles. The number of ether oxygens (including phenoxy) is 2. The maximum atomic E-state index is 13.7. The molecule has 1 atom stereocenters. The van der Waals surface area contributed by atoms with Crippen LogP contribution in [0.15, 0.2) is 0 Å². The minimum atomic E-state index is -5.54. The molecule has 2 aliphatic rings. The van der Waals surface area contributed by atoms with Crippen LogP contribution in [0.5, 0.6) is 0 Å². The van der Waals surface area contributed by atoms with Gasteiger partial charge in [-0.2, -0.15) is 30.7 Å². The third-order valence-electron chi connectivity index (χ3n) is 5.54. The van der Waals surface area contributed by atoms with Gasteiger partial charge in [0.15, 0.2) is 0 Å². The largest absolute Gasteiger partial charge is 0.460 e. The summed E-state index contributed by atoms with van der Waals surface area (Å²) in [6, 6.07) is 0. The van der Waals surface area contributed by atoms with Gasteiger partial charge >= 0.3 is 24.2 Å². The van der Waals surface area contributed by atoms with Crippen molar-refractivity contribution in [3.05, 3.63) is 0 Å². The third kappa shape index (κ3) is 8.07. The highest BCUT2D eigenvalue weighted by molar-refractivity contribution is 7.91. The molecule has 0 aromatic rings. The fourth-order valence-corrected chi connectivity index (χ4v) is 5.37. The topological polar surface area (TPSA) is 69.7 Å². The summed E-state index contributed by atoms with van der Waals surface area (Å²) < 4.78 is 123. The number of esters is 1. The quantitative estimate of drug-likeness (QED) is 0.355. The lowest BCUT2D eigenvalue weighted by Crippen LogP contribution is -2.47. The minimum absolute atomic E-state index is 0.116. The summed E-state index contributed by atoms with van der Waals surface area (Å²) in [6.45, 7) is -1.23. The van der Waals surface area contributed by atoms with Crippen molar-refractivity contribution in [1.29, 1.82) is 0 Å². The van der Waals surface area contributed by atoms with Crippen LogP contribution in [0.4, 0.5) is 30.7 Å². The van der Waals surface area contributed by atoms with Crippen molar-refractivity contribution < 1.29 is 53.4 Å². The average Bonchev–Trinajstić information content (AvgIpc) is 3.14. The first-order valence-corrected chi connectivity index (χ1v) is 11.8. The van der Waals surface area contributed by atoms with Crippen molar-refractivity contribution >= 4 is 15.8 Å². The molecule has 0 N–H and O–H groups in total. The molecule has 5 nitrogen and oxygen atoms in total. The molecule has 13 heteroatoms. The van der Waals surface area contributed by atoms with Gasteiger partial charge in [0, 0.05) is 0 Å². The smallest absolute Gasteiger partial charge is 0.419 e. The maximum Gasteiger partial charge on any atom is 0.419 e. The van der Waals surface area contributed by atoms with Gasteiger partial charge in [0.05, 0.1) is 24.0 Å². The number of rotatable bonds is 9. The third-order valence-corrected chi connectivity index (χ3v) is 7.26. The van der Waals surface area contributed by atoms with Crippen LogP contribution in [-0.4, -0.2) is 56.8 Å². The molecule has 1 aliphatic carbocycles. The second-order valence-corrected chi connectivity index (χ2v) is 10.5. The van der Waals surface area contributed by atoms with Crippen LogP contribution in [0, 0.1) is 11.8 Å². The van der Waals surface area contributed by atoms with Crippen LogP contribution in [0.2, 0.25) is 0 Å². The fraction of sp³-hybridized carbons (Fsp3) is 0.944. The number of carbonyl (C=O) groups is 1. The molecular weight excluding hydrogens is 461 g/mol. The van der Waals surface area contributed by atoms with Crippen LogP contribution < -0.4 is 0 Å². The molecule has 0 amide bonds. The highest BCUT2D eigenvalue weighted by atomic mass is 32.2. The summed E-state index contributed by atoms with van der Waals surface area (Å²) in [7, 11) is -3.22. The number of carbonyl (C=O) groups excluding carboxylic acids is 1. The summed E-state index contributed by atoms with van der Waals surface area (Å²) in [6.07, 6.45) is -12.7. The number of halogens is 7. The van der Waals surface area contributed by atoms with Crippen LogP contribution in [0.1, 0.15) is 51.4 Å². The predicted molar refractivity (Wildman–Crippen MR) is 94.4 cm³/mol. The first kappa shape index (κ1) is 26.1. The zero-order valence-electron chi connectivity index (χ0n) is 16.6. The van der Waals surface area contributed by atoms with E-state index in [-0.39, 0.29) is 36.7 Å². The van der Waals surface area contributed by atoms with Crippen LogP contribution in [-0.2, 0) is 24.1 Å². The van der Waals surface area contributed by atoms with E-state index in [1.165, 1.54) is 0 Å². The molecule has 0 radical (unpaired) electrons. The number of hydrogen-bond donors (Lipinski definition) is 0. The Kier molecular flexibility index (Phi) is 8.26. The molecule has 1 saturated carbocycles. The molecule has 31 heavy (non-hydrogen) atoms. The summed E-state index contributed by atoms with van der Waals surface area (Å²) in [5, 5.41) is 0. The Hall–Kier alpha value is -1.11. The van der Waals surface area contributed by atoms with Gasteiger partial charge in [-0.1, -0.05) is 12.8 Å². The van der Waals surface area contributed by atoms with Crippen molar-refractivity contribution in [1.82, 2.24) is 0 Å². The molecule has 2 rings (SSSR count). The number of alkyl halides is 7. The maximum absolute atomic E-state index is 13.7. The van der Waals surface area contributed by atoms with E-state index in [0.29, 0.717) is 12.8 Å². The van der Waals surface area contributed by atoms with E-state index in [4.69, 9.17) is 4.74 Å². The molecule has 0 aromatic carbocycles. The SMILES string of the molecule is O=C(OC(COC(F)(F)C(F)(F)CC(F)(F)F)CC1CCS(=O)(=O)CC1)C1CCCC1. The molecule has 0 aromatic heterocycles. The molecular formula is C18H25F7O5S. The van der Waals surface area contributed by atoms with Gasteiger partial charge in [-0.15, -0.1) is 0 Å². The first-order valence-electron chi connectivity index (χ1n) is 9.97. The van der Waals surface area contributed by atoms with Gasteiger partial charge in [-0.25, -0.2) is 8.42 Å². The Morgan fingerprint density at radius 2 is 1.48 bits per heavy atom. The van der Waals surface area contributed by atoms with Crippen LogP contribution in [0.25, 0.3) is 0 Å². The van der Waals surface area contributed by atoms with Crippen LogP contribution >= 0.6 is 0 Å². The summed E-state index contributed by atoms with van der Waals surface area (Å²) in [4.78, 5) is 12.3. The molecule has 0 spiro atoms. The second-order valence-electron chi connectivity index (χ2n) is 8.20. The summed E-state index contributed by atoms with van der Waals surface area (Å²) >= 11 is 0. The van der Waals surface area contributed by atoms with E-state index in [1.54, 1.807) is 0 Å².